The van der Waals surface area contributed by atoms with Crippen LogP contribution in [0.2, 0.25) is 0 Å². The molecule has 4 nitrogen and oxygen atoms in total. The van der Waals surface area contributed by atoms with Gasteiger partial charge < -0.3 is 15.5 Å². The molecule has 37 heavy (non-hydrogen) atoms. The summed E-state index contributed by atoms with van der Waals surface area (Å²) in [5.41, 5.74) is 0. The first-order valence-electron chi connectivity index (χ1n) is 15.7. The van der Waals surface area contributed by atoms with E-state index < -0.39 is 12.1 Å². The zero-order valence-electron chi connectivity index (χ0n) is 24.5. The summed E-state index contributed by atoms with van der Waals surface area (Å²) in [6.07, 6.45) is 36.4. The molecule has 0 radical (unpaired) electrons. The van der Waals surface area contributed by atoms with Gasteiger partial charge in [0.25, 0.3) is 0 Å². The topological polar surface area (TPSA) is 69.6 Å². The molecule has 1 amide bonds. The van der Waals surface area contributed by atoms with Gasteiger partial charge in [-0.15, -0.1) is 0 Å². The van der Waals surface area contributed by atoms with E-state index >= 15 is 0 Å². The third-order valence-electron chi connectivity index (χ3n) is 6.85. The fourth-order valence-electron chi connectivity index (χ4n) is 4.36. The van der Waals surface area contributed by atoms with Crippen molar-refractivity contribution in [3.8, 4) is 0 Å². The van der Waals surface area contributed by atoms with E-state index in [9.17, 15) is 15.0 Å². The van der Waals surface area contributed by atoms with Gasteiger partial charge in [-0.1, -0.05) is 121 Å². The molecular weight excluding hydrogens is 458 g/mol. The summed E-state index contributed by atoms with van der Waals surface area (Å²) in [6, 6.07) is -0.638. The zero-order chi connectivity index (χ0) is 27.2. The molecule has 0 aromatic heterocycles. The summed E-state index contributed by atoms with van der Waals surface area (Å²) < 4.78 is 0. The minimum Gasteiger partial charge on any atom is -0.394 e. The highest BCUT2D eigenvalue weighted by Crippen LogP contribution is 2.10. The number of hydrogen-bond acceptors (Lipinski definition) is 3. The Morgan fingerprint density at radius 2 is 1.05 bits per heavy atom. The fourth-order valence-corrected chi connectivity index (χ4v) is 4.36. The molecule has 0 rings (SSSR count). The smallest absolute Gasteiger partial charge is 0.220 e. The van der Waals surface area contributed by atoms with Crippen LogP contribution in [0.3, 0.4) is 0 Å². The number of rotatable bonds is 27. The van der Waals surface area contributed by atoms with Crippen LogP contribution in [-0.2, 0) is 4.79 Å². The molecule has 4 heteroatoms. The molecule has 0 aliphatic rings. The van der Waals surface area contributed by atoms with Gasteiger partial charge in [0.15, 0.2) is 0 Å². The van der Waals surface area contributed by atoms with Gasteiger partial charge in [0, 0.05) is 6.42 Å². The summed E-state index contributed by atoms with van der Waals surface area (Å²) in [5, 5.41) is 22.7. The van der Waals surface area contributed by atoms with E-state index in [0.717, 1.165) is 44.9 Å². The van der Waals surface area contributed by atoms with Crippen LogP contribution in [0.25, 0.3) is 0 Å². The maximum absolute atomic E-state index is 12.2. The van der Waals surface area contributed by atoms with Crippen LogP contribution < -0.4 is 5.32 Å². The Bertz CT molecular complexity index is 570. The Morgan fingerprint density at radius 1 is 0.622 bits per heavy atom. The van der Waals surface area contributed by atoms with Gasteiger partial charge in [0.1, 0.15) is 0 Å². The first-order valence-corrected chi connectivity index (χ1v) is 15.7. The van der Waals surface area contributed by atoms with Crippen molar-refractivity contribution < 1.29 is 15.0 Å². The SMILES string of the molecule is CCCCC/C=C\CCCCCCCC(=O)NC(CO)C(O)/C=C/CC/C=C/CCCCCCCCC. The highest BCUT2D eigenvalue weighted by Gasteiger charge is 2.17. The molecule has 3 N–H and O–H groups in total. The summed E-state index contributed by atoms with van der Waals surface area (Å²) in [4.78, 5) is 12.2. The standard InChI is InChI=1S/C33H61NO3/c1-3-5-7-9-11-13-15-17-18-20-22-24-26-28-32(36)31(30-35)34-33(37)29-27-25-23-21-19-16-14-12-10-8-6-4-2/h12,14,18,20,26,28,31-32,35-36H,3-11,13,15-17,19,21-25,27,29-30H2,1-2H3,(H,34,37)/b14-12-,20-18+,28-26+. The van der Waals surface area contributed by atoms with Gasteiger partial charge in [-0.2, -0.15) is 0 Å². The number of amides is 1. The predicted molar refractivity (Wildman–Crippen MR) is 161 cm³/mol. The lowest BCUT2D eigenvalue weighted by Crippen LogP contribution is -2.45. The van der Waals surface area contributed by atoms with Gasteiger partial charge in [-0.25, -0.2) is 0 Å². The van der Waals surface area contributed by atoms with Gasteiger partial charge in [0.2, 0.25) is 5.91 Å². The average molecular weight is 520 g/mol. The molecule has 2 unspecified atom stereocenters. The van der Waals surface area contributed by atoms with Crippen molar-refractivity contribution in [1.82, 2.24) is 5.32 Å². The quantitative estimate of drug-likeness (QED) is 0.0750. The lowest BCUT2D eigenvalue weighted by Gasteiger charge is -2.19. The van der Waals surface area contributed by atoms with E-state index in [4.69, 9.17) is 0 Å². The molecule has 0 aliphatic carbocycles. The van der Waals surface area contributed by atoms with E-state index in [1.54, 1.807) is 6.08 Å². The molecule has 2 atom stereocenters. The van der Waals surface area contributed by atoms with Crippen LogP contribution in [0.4, 0.5) is 0 Å². The number of nitrogens with one attached hydrogen (secondary N) is 1. The maximum Gasteiger partial charge on any atom is 0.220 e. The Morgan fingerprint density at radius 3 is 1.62 bits per heavy atom. The first-order chi connectivity index (χ1) is 18.2. The van der Waals surface area contributed by atoms with E-state index in [2.05, 4.69) is 43.5 Å². The zero-order valence-corrected chi connectivity index (χ0v) is 24.5. The molecular formula is C33H61NO3. The highest BCUT2D eigenvalue weighted by atomic mass is 16.3. The van der Waals surface area contributed by atoms with Crippen LogP contribution in [0, 0.1) is 0 Å². The second-order valence-corrected chi connectivity index (χ2v) is 10.5. The van der Waals surface area contributed by atoms with E-state index in [-0.39, 0.29) is 12.5 Å². The van der Waals surface area contributed by atoms with Crippen molar-refractivity contribution in [2.75, 3.05) is 6.61 Å². The van der Waals surface area contributed by atoms with Crippen LogP contribution in [0.5, 0.6) is 0 Å². The Labute approximate surface area is 230 Å². The summed E-state index contributed by atoms with van der Waals surface area (Å²) in [6.45, 7) is 4.23. The number of allylic oxidation sites excluding steroid dienone is 5. The predicted octanol–water partition coefficient (Wildman–Crippen LogP) is 8.72. The Hall–Kier alpha value is -1.39. The van der Waals surface area contributed by atoms with Crippen molar-refractivity contribution in [2.24, 2.45) is 0 Å². The van der Waals surface area contributed by atoms with E-state index in [1.165, 1.54) is 83.5 Å². The van der Waals surface area contributed by atoms with Gasteiger partial charge in [-0.05, 0) is 57.8 Å². The van der Waals surface area contributed by atoms with Crippen molar-refractivity contribution in [1.29, 1.82) is 0 Å². The number of carbonyl (C=O) groups excluding carboxylic acids is 1. The lowest BCUT2D eigenvalue weighted by atomic mass is 10.1. The van der Waals surface area contributed by atoms with Gasteiger partial charge >= 0.3 is 0 Å². The number of aliphatic hydroxyl groups excluding tert-OH is 2. The van der Waals surface area contributed by atoms with E-state index in [0.29, 0.717) is 6.42 Å². The summed E-state index contributed by atoms with van der Waals surface area (Å²) in [7, 11) is 0. The summed E-state index contributed by atoms with van der Waals surface area (Å²) in [5.74, 6) is -0.0881. The highest BCUT2D eigenvalue weighted by molar-refractivity contribution is 5.76. The maximum atomic E-state index is 12.2. The number of unbranched alkanes of at least 4 members (excludes halogenated alkanes) is 16. The largest absolute Gasteiger partial charge is 0.394 e. The minimum absolute atomic E-state index is 0.0881. The van der Waals surface area contributed by atoms with Crippen molar-refractivity contribution in [3.63, 3.8) is 0 Å². The van der Waals surface area contributed by atoms with Crippen LogP contribution in [0.15, 0.2) is 36.5 Å². The van der Waals surface area contributed by atoms with Crippen LogP contribution in [-0.4, -0.2) is 34.9 Å². The molecule has 0 heterocycles. The molecule has 0 bridgehead atoms. The van der Waals surface area contributed by atoms with Crippen LogP contribution >= 0.6 is 0 Å². The molecule has 0 saturated carbocycles. The molecule has 216 valence electrons. The number of hydrogen-bond donors (Lipinski definition) is 3. The Balaban J connectivity index is 3.76. The molecule has 0 aromatic rings. The molecule has 0 aliphatic heterocycles. The third kappa shape index (κ3) is 26.0. The number of carbonyl (C=O) groups is 1. The van der Waals surface area contributed by atoms with Gasteiger partial charge in [-0.3, -0.25) is 4.79 Å². The molecule has 0 spiro atoms. The van der Waals surface area contributed by atoms with E-state index in [1.807, 2.05) is 6.08 Å². The summed E-state index contributed by atoms with van der Waals surface area (Å²) >= 11 is 0. The van der Waals surface area contributed by atoms with Crippen molar-refractivity contribution in [3.05, 3.63) is 36.5 Å². The Kier molecular flexibility index (Phi) is 28.1. The monoisotopic (exact) mass is 519 g/mol. The van der Waals surface area contributed by atoms with Gasteiger partial charge in [0.05, 0.1) is 18.8 Å². The normalized spacial score (nSPS) is 13.7. The molecule has 0 fully saturated rings. The number of aliphatic hydroxyl groups is 2. The van der Waals surface area contributed by atoms with Crippen LogP contribution in [0.1, 0.15) is 149 Å². The van der Waals surface area contributed by atoms with Crippen molar-refractivity contribution in [2.45, 2.75) is 161 Å². The molecule has 0 saturated heterocycles. The fraction of sp³-hybridized carbons (Fsp3) is 0.788. The molecule has 0 aromatic carbocycles. The minimum atomic E-state index is -0.860. The van der Waals surface area contributed by atoms with Crippen molar-refractivity contribution >= 4 is 5.91 Å². The second kappa shape index (κ2) is 29.2. The lowest BCUT2D eigenvalue weighted by molar-refractivity contribution is -0.123. The average Bonchev–Trinajstić information content (AvgIpc) is 2.90. The third-order valence-corrected chi connectivity index (χ3v) is 6.85. The first kappa shape index (κ1) is 35.6. The second-order valence-electron chi connectivity index (χ2n) is 10.5.